The Labute approximate surface area is 104 Å². The number of benzene rings is 1. The lowest BCUT2D eigenvalue weighted by Crippen LogP contribution is -2.28. The monoisotopic (exact) mass is 234 g/mol. The van der Waals surface area contributed by atoms with Gasteiger partial charge in [0.2, 0.25) is 0 Å². The summed E-state index contributed by atoms with van der Waals surface area (Å²) in [5, 5.41) is 3.25. The first kappa shape index (κ1) is 13.6. The van der Waals surface area contributed by atoms with Crippen LogP contribution in [0.1, 0.15) is 36.2 Å². The molecule has 1 N–H and O–H groups in total. The predicted octanol–water partition coefficient (Wildman–Crippen LogP) is 2.91. The number of anilines is 1. The zero-order valence-electron chi connectivity index (χ0n) is 11.2. The lowest BCUT2D eigenvalue weighted by molar-refractivity contribution is 0.0796. The number of rotatable bonds is 5. The van der Waals surface area contributed by atoms with Gasteiger partial charge in [-0.15, -0.1) is 0 Å². The van der Waals surface area contributed by atoms with E-state index in [0.29, 0.717) is 0 Å². The highest BCUT2D eigenvalue weighted by Gasteiger charge is 2.14. The number of carbonyl (C=O) groups excluding carboxylic acids is 1. The molecule has 0 spiro atoms. The molecule has 1 amide bonds. The fraction of sp³-hybridized carbons (Fsp3) is 0.500. The van der Waals surface area contributed by atoms with Crippen molar-refractivity contribution in [1.29, 1.82) is 0 Å². The smallest absolute Gasteiger partial charge is 0.255 e. The molecule has 3 nitrogen and oxygen atoms in total. The summed E-state index contributed by atoms with van der Waals surface area (Å²) in [6.07, 6.45) is 0.977. The minimum absolute atomic E-state index is 0.0859. The first-order chi connectivity index (χ1) is 8.10. The normalized spacial score (nSPS) is 10.1. The van der Waals surface area contributed by atoms with Gasteiger partial charge in [-0.05, 0) is 38.0 Å². The van der Waals surface area contributed by atoms with Gasteiger partial charge in [0.1, 0.15) is 0 Å². The van der Waals surface area contributed by atoms with E-state index in [0.717, 1.165) is 36.3 Å². The summed E-state index contributed by atoms with van der Waals surface area (Å²) in [4.78, 5) is 14.0. The van der Waals surface area contributed by atoms with Gasteiger partial charge in [0, 0.05) is 25.8 Å². The van der Waals surface area contributed by atoms with Gasteiger partial charge in [-0.2, -0.15) is 0 Å². The van der Waals surface area contributed by atoms with Crippen LogP contribution in [0.3, 0.4) is 0 Å². The zero-order chi connectivity index (χ0) is 12.8. The SMILES string of the molecule is CCCN(C)C(=O)c1ccc(C)cc1NCC. The number of hydrogen-bond acceptors (Lipinski definition) is 2. The highest BCUT2D eigenvalue weighted by Crippen LogP contribution is 2.19. The molecule has 3 heteroatoms. The highest BCUT2D eigenvalue weighted by atomic mass is 16.2. The number of hydrogen-bond donors (Lipinski definition) is 1. The molecule has 0 saturated heterocycles. The molecule has 94 valence electrons. The Bertz CT molecular complexity index is 388. The predicted molar refractivity (Wildman–Crippen MR) is 72.6 cm³/mol. The second-order valence-electron chi connectivity index (χ2n) is 4.31. The van der Waals surface area contributed by atoms with Crippen LogP contribution in [0.2, 0.25) is 0 Å². The molecule has 0 aromatic heterocycles. The Hall–Kier alpha value is -1.51. The van der Waals surface area contributed by atoms with Gasteiger partial charge in [-0.25, -0.2) is 0 Å². The zero-order valence-corrected chi connectivity index (χ0v) is 11.2. The number of nitrogens with zero attached hydrogens (tertiary/aromatic N) is 1. The van der Waals surface area contributed by atoms with Crippen LogP contribution in [0.5, 0.6) is 0 Å². The average molecular weight is 234 g/mol. The van der Waals surface area contributed by atoms with E-state index in [1.165, 1.54) is 0 Å². The maximum absolute atomic E-state index is 12.2. The molecule has 0 saturated carbocycles. The number of aryl methyl sites for hydroxylation is 1. The van der Waals surface area contributed by atoms with E-state index in [2.05, 4.69) is 12.2 Å². The molecule has 0 aliphatic heterocycles. The second-order valence-corrected chi connectivity index (χ2v) is 4.31. The van der Waals surface area contributed by atoms with E-state index in [4.69, 9.17) is 0 Å². The van der Waals surface area contributed by atoms with Crippen molar-refractivity contribution < 1.29 is 4.79 Å². The minimum Gasteiger partial charge on any atom is -0.385 e. The summed E-state index contributed by atoms with van der Waals surface area (Å²) in [6, 6.07) is 5.91. The van der Waals surface area contributed by atoms with Crippen LogP contribution in [0.15, 0.2) is 18.2 Å². The summed E-state index contributed by atoms with van der Waals surface area (Å²) < 4.78 is 0. The summed E-state index contributed by atoms with van der Waals surface area (Å²) in [6.45, 7) is 7.75. The molecule has 1 rings (SSSR count). The van der Waals surface area contributed by atoms with Gasteiger partial charge in [0.25, 0.3) is 5.91 Å². The van der Waals surface area contributed by atoms with Crippen LogP contribution in [-0.4, -0.2) is 30.9 Å². The largest absolute Gasteiger partial charge is 0.385 e. The molecular formula is C14H22N2O. The molecule has 0 fully saturated rings. The fourth-order valence-electron chi connectivity index (χ4n) is 1.82. The van der Waals surface area contributed by atoms with E-state index in [1.807, 2.05) is 39.1 Å². The van der Waals surface area contributed by atoms with Crippen molar-refractivity contribution in [2.24, 2.45) is 0 Å². The molecule has 0 radical (unpaired) electrons. The van der Waals surface area contributed by atoms with Crippen LogP contribution in [0.4, 0.5) is 5.69 Å². The summed E-state index contributed by atoms with van der Waals surface area (Å²) in [7, 11) is 1.85. The number of nitrogens with one attached hydrogen (secondary N) is 1. The molecule has 0 heterocycles. The Morgan fingerprint density at radius 2 is 2.06 bits per heavy atom. The molecule has 1 aromatic rings. The van der Waals surface area contributed by atoms with Crippen molar-refractivity contribution in [3.63, 3.8) is 0 Å². The van der Waals surface area contributed by atoms with Crippen molar-refractivity contribution >= 4 is 11.6 Å². The summed E-state index contributed by atoms with van der Waals surface area (Å²) in [5.74, 6) is 0.0859. The van der Waals surface area contributed by atoms with Crippen molar-refractivity contribution in [1.82, 2.24) is 4.90 Å². The van der Waals surface area contributed by atoms with Gasteiger partial charge in [0.15, 0.2) is 0 Å². The van der Waals surface area contributed by atoms with E-state index < -0.39 is 0 Å². The number of carbonyl (C=O) groups is 1. The maximum atomic E-state index is 12.2. The average Bonchev–Trinajstić information content (AvgIpc) is 2.29. The van der Waals surface area contributed by atoms with E-state index in [9.17, 15) is 4.79 Å². The molecule has 0 unspecified atom stereocenters. The third-order valence-electron chi connectivity index (χ3n) is 2.68. The van der Waals surface area contributed by atoms with Crippen molar-refractivity contribution in [3.8, 4) is 0 Å². The van der Waals surface area contributed by atoms with Gasteiger partial charge >= 0.3 is 0 Å². The fourth-order valence-corrected chi connectivity index (χ4v) is 1.82. The summed E-state index contributed by atoms with van der Waals surface area (Å²) >= 11 is 0. The van der Waals surface area contributed by atoms with Crippen LogP contribution in [-0.2, 0) is 0 Å². The van der Waals surface area contributed by atoms with Gasteiger partial charge in [0.05, 0.1) is 5.56 Å². The highest BCUT2D eigenvalue weighted by molar-refractivity contribution is 5.99. The molecule has 0 aliphatic carbocycles. The van der Waals surface area contributed by atoms with E-state index >= 15 is 0 Å². The van der Waals surface area contributed by atoms with Crippen molar-refractivity contribution in [2.75, 3.05) is 25.5 Å². The molecular weight excluding hydrogens is 212 g/mol. The maximum Gasteiger partial charge on any atom is 0.255 e. The van der Waals surface area contributed by atoms with Crippen molar-refractivity contribution in [3.05, 3.63) is 29.3 Å². The van der Waals surface area contributed by atoms with Crippen molar-refractivity contribution in [2.45, 2.75) is 27.2 Å². The first-order valence-corrected chi connectivity index (χ1v) is 6.20. The second kappa shape index (κ2) is 6.28. The van der Waals surface area contributed by atoms with Crippen LogP contribution < -0.4 is 5.32 Å². The first-order valence-electron chi connectivity index (χ1n) is 6.20. The molecule has 0 aliphatic rings. The molecule has 17 heavy (non-hydrogen) atoms. The Morgan fingerprint density at radius 1 is 1.35 bits per heavy atom. The molecule has 0 bridgehead atoms. The van der Waals surface area contributed by atoms with Crippen LogP contribution in [0.25, 0.3) is 0 Å². The Morgan fingerprint density at radius 3 is 2.65 bits per heavy atom. The van der Waals surface area contributed by atoms with Gasteiger partial charge < -0.3 is 10.2 Å². The molecule has 1 aromatic carbocycles. The number of amides is 1. The standard InChI is InChI=1S/C14H22N2O/c1-5-9-16(4)14(17)12-8-7-11(3)10-13(12)15-6-2/h7-8,10,15H,5-6,9H2,1-4H3. The third-order valence-corrected chi connectivity index (χ3v) is 2.68. The lowest BCUT2D eigenvalue weighted by atomic mass is 10.1. The van der Waals surface area contributed by atoms with Crippen LogP contribution >= 0.6 is 0 Å². The Kier molecular flexibility index (Phi) is 5.01. The lowest BCUT2D eigenvalue weighted by Gasteiger charge is -2.19. The molecule has 0 atom stereocenters. The van der Waals surface area contributed by atoms with E-state index in [1.54, 1.807) is 4.90 Å². The van der Waals surface area contributed by atoms with E-state index in [-0.39, 0.29) is 5.91 Å². The minimum atomic E-state index is 0.0859. The van der Waals surface area contributed by atoms with Gasteiger partial charge in [-0.3, -0.25) is 4.79 Å². The quantitative estimate of drug-likeness (QED) is 0.849. The van der Waals surface area contributed by atoms with Gasteiger partial charge in [-0.1, -0.05) is 13.0 Å². The Balaban J connectivity index is 2.99. The third kappa shape index (κ3) is 3.48. The topological polar surface area (TPSA) is 32.3 Å². The van der Waals surface area contributed by atoms with Crippen LogP contribution in [0, 0.1) is 6.92 Å². The summed E-state index contributed by atoms with van der Waals surface area (Å²) in [5.41, 5.74) is 2.85.